The zero-order chi connectivity index (χ0) is 9.84. The molecule has 0 saturated carbocycles. The minimum absolute atomic E-state index is 0.788. The van der Waals surface area contributed by atoms with Gasteiger partial charge in [0, 0.05) is 0 Å². The van der Waals surface area contributed by atoms with E-state index in [2.05, 4.69) is 0 Å². The molecule has 0 unspecified atom stereocenters. The number of hydrogen-bond acceptors (Lipinski definition) is 2. The summed E-state index contributed by atoms with van der Waals surface area (Å²) in [5, 5.41) is 0. The van der Waals surface area contributed by atoms with Gasteiger partial charge in [0.1, 0.15) is 17.2 Å². The molecule has 0 aliphatic carbocycles. The highest BCUT2D eigenvalue weighted by Crippen LogP contribution is 2.10. The van der Waals surface area contributed by atoms with Crippen LogP contribution < -0.4 is 11.1 Å². The summed E-state index contributed by atoms with van der Waals surface area (Å²) in [5.74, 6) is -3.31. The SMILES string of the molecule is O=C(NNF)c1c(F)cccc1F. The van der Waals surface area contributed by atoms with Crippen LogP contribution in [0.15, 0.2) is 18.2 Å². The predicted octanol–water partition coefficient (Wildman–Crippen LogP) is 1.08. The van der Waals surface area contributed by atoms with Crippen molar-refractivity contribution in [2.24, 2.45) is 0 Å². The highest BCUT2D eigenvalue weighted by atomic mass is 19.2. The molecule has 6 heteroatoms. The first-order valence-corrected chi connectivity index (χ1v) is 3.27. The molecule has 70 valence electrons. The summed E-state index contributed by atoms with van der Waals surface area (Å²) in [4.78, 5) is 10.8. The number of rotatable bonds is 2. The van der Waals surface area contributed by atoms with Crippen molar-refractivity contribution in [3.63, 3.8) is 0 Å². The molecule has 2 N–H and O–H groups in total. The first-order valence-electron chi connectivity index (χ1n) is 3.27. The molecule has 1 aromatic rings. The zero-order valence-electron chi connectivity index (χ0n) is 6.27. The van der Waals surface area contributed by atoms with Gasteiger partial charge in [-0.25, -0.2) is 8.78 Å². The molecule has 0 aliphatic heterocycles. The van der Waals surface area contributed by atoms with Crippen molar-refractivity contribution in [3.05, 3.63) is 35.4 Å². The topological polar surface area (TPSA) is 41.1 Å². The van der Waals surface area contributed by atoms with E-state index >= 15 is 0 Å². The standard InChI is InChI=1S/C7H5F3N2O/c8-4-2-1-3-5(9)6(4)7(13)11-12-10/h1-3,12H,(H,11,13). The zero-order valence-corrected chi connectivity index (χ0v) is 6.27. The number of hydrogen-bond donors (Lipinski definition) is 2. The smallest absolute Gasteiger partial charge is 0.268 e. The summed E-state index contributed by atoms with van der Waals surface area (Å²) in [6.07, 6.45) is 0. The summed E-state index contributed by atoms with van der Waals surface area (Å²) in [6.45, 7) is 0. The van der Waals surface area contributed by atoms with Crippen LogP contribution in [0.25, 0.3) is 0 Å². The van der Waals surface area contributed by atoms with Gasteiger partial charge in [0.05, 0.1) is 0 Å². The lowest BCUT2D eigenvalue weighted by Crippen LogP contribution is -2.32. The molecule has 0 aromatic heterocycles. The number of benzene rings is 1. The second-order valence-corrected chi connectivity index (χ2v) is 2.15. The van der Waals surface area contributed by atoms with Crippen LogP contribution in [-0.2, 0) is 0 Å². The molecule has 3 nitrogen and oxygen atoms in total. The fourth-order valence-corrected chi connectivity index (χ4v) is 0.820. The molecule has 1 aromatic carbocycles. The molecule has 0 atom stereocenters. The highest BCUT2D eigenvalue weighted by molar-refractivity contribution is 5.94. The number of carbonyl (C=O) groups is 1. The van der Waals surface area contributed by atoms with Crippen molar-refractivity contribution < 1.29 is 18.1 Å². The summed E-state index contributed by atoms with van der Waals surface area (Å²) in [5.41, 5.74) is 1.37. The van der Waals surface area contributed by atoms with Crippen molar-refractivity contribution in [1.29, 1.82) is 0 Å². The van der Waals surface area contributed by atoms with Gasteiger partial charge in [-0.2, -0.15) is 0 Å². The molecule has 0 radical (unpaired) electrons. The Hall–Kier alpha value is -1.56. The maximum absolute atomic E-state index is 12.8. The second-order valence-electron chi connectivity index (χ2n) is 2.15. The van der Waals surface area contributed by atoms with Crippen molar-refractivity contribution >= 4 is 5.91 Å². The van der Waals surface area contributed by atoms with Crippen LogP contribution in [0.5, 0.6) is 0 Å². The van der Waals surface area contributed by atoms with E-state index < -0.39 is 23.1 Å². The first-order chi connectivity index (χ1) is 6.16. The van der Waals surface area contributed by atoms with E-state index in [1.807, 2.05) is 0 Å². The van der Waals surface area contributed by atoms with Crippen molar-refractivity contribution in [2.45, 2.75) is 0 Å². The lowest BCUT2D eigenvalue weighted by atomic mass is 10.2. The number of amides is 1. The van der Waals surface area contributed by atoms with Gasteiger partial charge >= 0.3 is 0 Å². The van der Waals surface area contributed by atoms with E-state index in [-0.39, 0.29) is 0 Å². The Morgan fingerprint density at radius 2 is 1.77 bits per heavy atom. The minimum atomic E-state index is -1.21. The third-order valence-corrected chi connectivity index (χ3v) is 1.35. The maximum Gasteiger partial charge on any atom is 0.273 e. The van der Waals surface area contributed by atoms with Gasteiger partial charge < -0.3 is 0 Å². The lowest BCUT2D eigenvalue weighted by Gasteiger charge is -2.02. The van der Waals surface area contributed by atoms with Crippen LogP contribution in [0.1, 0.15) is 10.4 Å². The van der Waals surface area contributed by atoms with Gasteiger partial charge in [-0.05, 0) is 12.1 Å². The van der Waals surface area contributed by atoms with E-state index in [0.717, 1.165) is 23.8 Å². The molecule has 0 heterocycles. The Morgan fingerprint density at radius 1 is 1.23 bits per heavy atom. The minimum Gasteiger partial charge on any atom is -0.268 e. The number of hydrazine groups is 1. The molecule has 0 fully saturated rings. The molecule has 0 saturated heterocycles. The van der Waals surface area contributed by atoms with Crippen LogP contribution in [0.2, 0.25) is 0 Å². The van der Waals surface area contributed by atoms with Crippen molar-refractivity contribution in [2.75, 3.05) is 0 Å². The van der Waals surface area contributed by atoms with E-state index in [1.165, 1.54) is 5.43 Å². The Morgan fingerprint density at radius 3 is 2.23 bits per heavy atom. The second kappa shape index (κ2) is 3.90. The lowest BCUT2D eigenvalue weighted by molar-refractivity contribution is 0.0872. The summed E-state index contributed by atoms with van der Waals surface area (Å²) in [7, 11) is 0. The van der Waals surface area contributed by atoms with Crippen LogP contribution in [0.4, 0.5) is 13.3 Å². The van der Waals surface area contributed by atoms with Crippen LogP contribution in [0, 0.1) is 11.6 Å². The quantitative estimate of drug-likeness (QED) is 0.541. The largest absolute Gasteiger partial charge is 0.273 e. The number of nitrogens with one attached hydrogen (secondary N) is 2. The monoisotopic (exact) mass is 190 g/mol. The third-order valence-electron chi connectivity index (χ3n) is 1.35. The van der Waals surface area contributed by atoms with Gasteiger partial charge in [0.25, 0.3) is 5.91 Å². The fourth-order valence-electron chi connectivity index (χ4n) is 0.820. The van der Waals surface area contributed by atoms with Crippen LogP contribution >= 0.6 is 0 Å². The Balaban J connectivity index is 3.05. The van der Waals surface area contributed by atoms with Crippen molar-refractivity contribution in [3.8, 4) is 0 Å². The normalized spacial score (nSPS) is 9.77. The molecule has 0 spiro atoms. The van der Waals surface area contributed by atoms with Gasteiger partial charge in [-0.15, -0.1) is 4.48 Å². The molecule has 1 amide bonds. The Kier molecular flexibility index (Phi) is 2.86. The Labute approximate surface area is 71.5 Å². The van der Waals surface area contributed by atoms with E-state index in [9.17, 15) is 18.1 Å². The third kappa shape index (κ3) is 1.97. The van der Waals surface area contributed by atoms with E-state index in [1.54, 1.807) is 0 Å². The molecule has 0 aliphatic rings. The van der Waals surface area contributed by atoms with Gasteiger partial charge in [0.15, 0.2) is 0 Å². The highest BCUT2D eigenvalue weighted by Gasteiger charge is 2.16. The van der Waals surface area contributed by atoms with E-state index in [4.69, 9.17) is 0 Å². The molecular weight excluding hydrogens is 185 g/mol. The van der Waals surface area contributed by atoms with Crippen molar-refractivity contribution in [1.82, 2.24) is 11.1 Å². The first kappa shape index (κ1) is 9.53. The summed E-state index contributed by atoms with van der Waals surface area (Å²) in [6, 6.07) is 2.90. The molecule has 1 rings (SSSR count). The molecule has 13 heavy (non-hydrogen) atoms. The molecular formula is C7H5F3N2O. The fraction of sp³-hybridized carbons (Fsp3) is 0. The van der Waals surface area contributed by atoms with Gasteiger partial charge in [0.2, 0.25) is 0 Å². The van der Waals surface area contributed by atoms with Crippen LogP contribution in [-0.4, -0.2) is 5.91 Å². The number of carbonyl (C=O) groups excluding carboxylic acids is 1. The number of halogens is 3. The predicted molar refractivity (Wildman–Crippen MR) is 38.1 cm³/mol. The maximum atomic E-state index is 12.8. The van der Waals surface area contributed by atoms with E-state index in [0.29, 0.717) is 0 Å². The Bertz CT molecular complexity index is 309. The van der Waals surface area contributed by atoms with Gasteiger partial charge in [-0.3, -0.25) is 10.2 Å². The summed E-state index contributed by atoms with van der Waals surface area (Å²) < 4.78 is 36.9. The van der Waals surface area contributed by atoms with Gasteiger partial charge in [-0.1, -0.05) is 11.7 Å². The summed E-state index contributed by atoms with van der Waals surface area (Å²) >= 11 is 0. The molecule has 0 bridgehead atoms. The average molecular weight is 190 g/mol. The van der Waals surface area contributed by atoms with Crippen LogP contribution in [0.3, 0.4) is 0 Å². The average Bonchev–Trinajstić information content (AvgIpc) is 2.04.